The number of hydrogen-bond donors (Lipinski definition) is 1. The smallest absolute Gasteiger partial charge is 0.157 e. The van der Waals surface area contributed by atoms with E-state index in [0.29, 0.717) is 18.7 Å². The van der Waals surface area contributed by atoms with E-state index in [2.05, 4.69) is 11.4 Å². The molecular weight excluding hydrogens is 255 g/mol. The second-order valence-electron chi connectivity index (χ2n) is 4.74. The van der Waals surface area contributed by atoms with Crippen LogP contribution >= 0.6 is 0 Å². The van der Waals surface area contributed by atoms with E-state index < -0.39 is 5.54 Å². The summed E-state index contributed by atoms with van der Waals surface area (Å²) in [7, 11) is 0. The van der Waals surface area contributed by atoms with Gasteiger partial charge < -0.3 is 10.1 Å². The Morgan fingerprint density at radius 3 is 2.65 bits per heavy atom. The first-order valence-corrected chi connectivity index (χ1v) is 6.41. The number of nitrogens with one attached hydrogen (secondary N) is 1. The van der Waals surface area contributed by atoms with Gasteiger partial charge in [0.05, 0.1) is 12.7 Å². The summed E-state index contributed by atoms with van der Waals surface area (Å²) in [4.78, 5) is 0. The highest BCUT2D eigenvalue weighted by Crippen LogP contribution is 2.38. The maximum Gasteiger partial charge on any atom is 0.157 e. The van der Waals surface area contributed by atoms with Crippen molar-refractivity contribution in [2.75, 3.05) is 11.9 Å². The molecule has 0 amide bonds. The Balaban J connectivity index is 2.01. The Hall–Kier alpha value is -2.54. The molecule has 3 rings (SSSR count). The van der Waals surface area contributed by atoms with Crippen molar-refractivity contribution in [1.82, 2.24) is 0 Å². The Morgan fingerprint density at radius 2 is 1.90 bits per heavy atom. The average Bonchev–Trinajstić information content (AvgIpc) is 2.50. The molecule has 0 saturated carbocycles. The molecule has 0 saturated heterocycles. The molecule has 1 N–H and O–H groups in total. The minimum atomic E-state index is -0.841. The molecule has 2 aromatic carbocycles. The Morgan fingerprint density at radius 1 is 1.15 bits per heavy atom. The first-order chi connectivity index (χ1) is 9.73. The predicted molar refractivity (Wildman–Crippen MR) is 73.9 cm³/mol. The number of benzene rings is 2. The monoisotopic (exact) mass is 268 g/mol. The zero-order valence-corrected chi connectivity index (χ0v) is 10.8. The van der Waals surface area contributed by atoms with Crippen LogP contribution in [0.1, 0.15) is 12.0 Å². The van der Waals surface area contributed by atoms with E-state index >= 15 is 0 Å². The van der Waals surface area contributed by atoms with Gasteiger partial charge in [-0.05, 0) is 30.3 Å². The SMILES string of the molecule is N#CC1(Nc2ccc(F)cc2)CCOc2ccccc21. The van der Waals surface area contributed by atoms with Gasteiger partial charge in [-0.25, -0.2) is 4.39 Å². The van der Waals surface area contributed by atoms with E-state index in [1.165, 1.54) is 12.1 Å². The van der Waals surface area contributed by atoms with Crippen LogP contribution in [0.15, 0.2) is 48.5 Å². The van der Waals surface area contributed by atoms with Crippen LogP contribution in [0.3, 0.4) is 0 Å². The van der Waals surface area contributed by atoms with Crippen LogP contribution in [-0.4, -0.2) is 6.61 Å². The van der Waals surface area contributed by atoms with E-state index in [4.69, 9.17) is 4.74 Å². The fourth-order valence-electron chi connectivity index (χ4n) is 2.45. The molecule has 100 valence electrons. The lowest BCUT2D eigenvalue weighted by Crippen LogP contribution is -2.38. The summed E-state index contributed by atoms with van der Waals surface area (Å²) in [6, 6.07) is 15.9. The quantitative estimate of drug-likeness (QED) is 0.907. The van der Waals surface area contributed by atoms with Gasteiger partial charge >= 0.3 is 0 Å². The second-order valence-corrected chi connectivity index (χ2v) is 4.74. The van der Waals surface area contributed by atoms with Crippen molar-refractivity contribution in [3.63, 3.8) is 0 Å². The Bertz CT molecular complexity index is 663. The van der Waals surface area contributed by atoms with E-state index in [-0.39, 0.29) is 5.82 Å². The highest BCUT2D eigenvalue weighted by Gasteiger charge is 2.38. The van der Waals surface area contributed by atoms with Crippen LogP contribution < -0.4 is 10.1 Å². The van der Waals surface area contributed by atoms with Crippen molar-refractivity contribution >= 4 is 5.69 Å². The molecule has 1 atom stereocenters. The van der Waals surface area contributed by atoms with Gasteiger partial charge in [0.2, 0.25) is 0 Å². The van der Waals surface area contributed by atoms with Crippen molar-refractivity contribution in [1.29, 1.82) is 5.26 Å². The number of hydrogen-bond acceptors (Lipinski definition) is 3. The molecule has 1 aliphatic heterocycles. The number of nitrogens with zero attached hydrogens (tertiary/aromatic N) is 1. The molecule has 1 aliphatic rings. The summed E-state index contributed by atoms with van der Waals surface area (Å²) >= 11 is 0. The maximum absolute atomic E-state index is 13.0. The van der Waals surface area contributed by atoms with Crippen molar-refractivity contribution < 1.29 is 9.13 Å². The third-order valence-electron chi connectivity index (χ3n) is 3.47. The molecule has 0 radical (unpaired) electrons. The fraction of sp³-hybridized carbons (Fsp3) is 0.188. The van der Waals surface area contributed by atoms with Crippen LogP contribution in [0.2, 0.25) is 0 Å². The highest BCUT2D eigenvalue weighted by atomic mass is 19.1. The predicted octanol–water partition coefficient (Wildman–Crippen LogP) is 3.44. The van der Waals surface area contributed by atoms with E-state index in [1.807, 2.05) is 24.3 Å². The van der Waals surface area contributed by atoms with E-state index in [9.17, 15) is 9.65 Å². The lowest BCUT2D eigenvalue weighted by Gasteiger charge is -2.34. The number of anilines is 1. The van der Waals surface area contributed by atoms with Crippen molar-refractivity contribution in [2.45, 2.75) is 12.0 Å². The standard InChI is InChI=1S/C16H13FN2O/c17-12-5-7-13(8-6-12)19-16(11-18)9-10-20-15-4-2-1-3-14(15)16/h1-8,19H,9-10H2. The molecule has 2 aromatic rings. The molecule has 20 heavy (non-hydrogen) atoms. The fourth-order valence-corrected chi connectivity index (χ4v) is 2.45. The summed E-state index contributed by atoms with van der Waals surface area (Å²) < 4.78 is 18.6. The summed E-state index contributed by atoms with van der Waals surface area (Å²) in [5, 5.41) is 12.9. The number of ether oxygens (including phenoxy) is 1. The molecule has 3 nitrogen and oxygen atoms in total. The lowest BCUT2D eigenvalue weighted by molar-refractivity contribution is 0.253. The first-order valence-electron chi connectivity index (χ1n) is 6.41. The molecule has 0 aliphatic carbocycles. The van der Waals surface area contributed by atoms with Crippen LogP contribution in [0.25, 0.3) is 0 Å². The van der Waals surface area contributed by atoms with Crippen molar-refractivity contribution in [3.05, 3.63) is 59.9 Å². The zero-order valence-electron chi connectivity index (χ0n) is 10.8. The number of halogens is 1. The maximum atomic E-state index is 13.0. The van der Waals surface area contributed by atoms with E-state index in [0.717, 1.165) is 11.3 Å². The summed E-state index contributed by atoms with van der Waals surface area (Å²) in [5.74, 6) is 0.420. The first kappa shape index (κ1) is 12.5. The highest BCUT2D eigenvalue weighted by molar-refractivity contribution is 5.55. The van der Waals surface area contributed by atoms with Crippen LogP contribution in [-0.2, 0) is 5.54 Å². The molecule has 1 unspecified atom stereocenters. The van der Waals surface area contributed by atoms with E-state index in [1.54, 1.807) is 12.1 Å². The van der Waals surface area contributed by atoms with Gasteiger partial charge in [0, 0.05) is 17.7 Å². The van der Waals surface area contributed by atoms with Crippen LogP contribution in [0.5, 0.6) is 5.75 Å². The second kappa shape index (κ2) is 4.86. The minimum Gasteiger partial charge on any atom is -0.493 e. The molecule has 0 spiro atoms. The minimum absolute atomic E-state index is 0.297. The van der Waals surface area contributed by atoms with Gasteiger partial charge in [-0.1, -0.05) is 18.2 Å². The van der Waals surface area contributed by atoms with Crippen LogP contribution in [0.4, 0.5) is 10.1 Å². The van der Waals surface area contributed by atoms with Gasteiger partial charge in [0.1, 0.15) is 11.6 Å². The largest absolute Gasteiger partial charge is 0.493 e. The average molecular weight is 268 g/mol. The number of rotatable bonds is 2. The molecule has 4 heteroatoms. The van der Waals surface area contributed by atoms with Gasteiger partial charge in [-0.2, -0.15) is 5.26 Å². The number of nitriles is 1. The topological polar surface area (TPSA) is 45.0 Å². The lowest BCUT2D eigenvalue weighted by atomic mass is 9.85. The number of fused-ring (bicyclic) bond motifs is 1. The molecule has 0 aromatic heterocycles. The molecular formula is C16H13FN2O. The summed E-state index contributed by atoms with van der Waals surface area (Å²) in [5.41, 5.74) is 0.690. The zero-order chi connectivity index (χ0) is 14.0. The van der Waals surface area contributed by atoms with Gasteiger partial charge in [-0.3, -0.25) is 0 Å². The molecule has 0 bridgehead atoms. The van der Waals surface area contributed by atoms with Gasteiger partial charge in [0.15, 0.2) is 5.54 Å². The Kier molecular flexibility index (Phi) is 3.03. The third kappa shape index (κ3) is 2.08. The summed E-state index contributed by atoms with van der Waals surface area (Å²) in [6.07, 6.45) is 0.540. The van der Waals surface area contributed by atoms with Gasteiger partial charge in [0.25, 0.3) is 0 Å². The van der Waals surface area contributed by atoms with Crippen molar-refractivity contribution in [2.24, 2.45) is 0 Å². The normalized spacial score (nSPS) is 20.4. The third-order valence-corrected chi connectivity index (χ3v) is 3.47. The van der Waals surface area contributed by atoms with Crippen LogP contribution in [0, 0.1) is 17.1 Å². The Labute approximate surface area is 116 Å². The number of para-hydroxylation sites is 1. The molecule has 0 fully saturated rings. The van der Waals surface area contributed by atoms with Crippen molar-refractivity contribution in [3.8, 4) is 11.8 Å². The summed E-state index contributed by atoms with van der Waals surface area (Å²) in [6.45, 7) is 0.471. The van der Waals surface area contributed by atoms with Gasteiger partial charge in [-0.15, -0.1) is 0 Å². The molecule has 1 heterocycles.